The minimum absolute atomic E-state index is 0.104. The lowest BCUT2D eigenvalue weighted by atomic mass is 10.1. The van der Waals surface area contributed by atoms with Gasteiger partial charge in [0.25, 0.3) is 5.91 Å². The fourth-order valence-electron chi connectivity index (χ4n) is 3.34. The van der Waals surface area contributed by atoms with E-state index in [-0.39, 0.29) is 5.91 Å². The quantitative estimate of drug-likeness (QED) is 0.811. The predicted octanol–water partition coefficient (Wildman–Crippen LogP) is 3.05. The van der Waals surface area contributed by atoms with Gasteiger partial charge in [0.15, 0.2) is 0 Å². The fourth-order valence-corrected chi connectivity index (χ4v) is 3.34. The first kappa shape index (κ1) is 17.7. The highest BCUT2D eigenvalue weighted by atomic mass is 16.5. The average molecular weight is 341 g/mol. The van der Waals surface area contributed by atoms with Crippen molar-refractivity contribution in [3.8, 4) is 0 Å². The van der Waals surface area contributed by atoms with Crippen molar-refractivity contribution in [2.24, 2.45) is 5.92 Å². The van der Waals surface area contributed by atoms with Gasteiger partial charge >= 0.3 is 0 Å². The summed E-state index contributed by atoms with van der Waals surface area (Å²) in [5, 5.41) is 4.49. The van der Waals surface area contributed by atoms with Crippen molar-refractivity contribution in [3.05, 3.63) is 52.8 Å². The van der Waals surface area contributed by atoms with Gasteiger partial charge in [-0.25, -0.2) is 0 Å². The summed E-state index contributed by atoms with van der Waals surface area (Å²) in [6.45, 7) is 9.91. The van der Waals surface area contributed by atoms with Crippen molar-refractivity contribution >= 4 is 5.91 Å². The second-order valence-corrected chi connectivity index (χ2v) is 6.86. The number of aromatic nitrogens is 2. The molecule has 0 radical (unpaired) electrons. The average Bonchev–Trinajstić information content (AvgIpc) is 3.22. The number of rotatable bonds is 6. The van der Waals surface area contributed by atoms with E-state index < -0.39 is 0 Å². The minimum atomic E-state index is 0.104. The van der Waals surface area contributed by atoms with Crippen LogP contribution in [0.3, 0.4) is 0 Å². The van der Waals surface area contributed by atoms with Crippen molar-refractivity contribution < 1.29 is 9.53 Å². The Morgan fingerprint density at radius 1 is 1.32 bits per heavy atom. The fraction of sp³-hybridized carbons (Fsp3) is 0.500. The van der Waals surface area contributed by atoms with E-state index in [1.165, 1.54) is 0 Å². The first-order valence-electron chi connectivity index (χ1n) is 9.04. The zero-order chi connectivity index (χ0) is 17.8. The Labute approximate surface area is 149 Å². The van der Waals surface area contributed by atoms with E-state index in [2.05, 4.69) is 18.1 Å². The summed E-state index contributed by atoms with van der Waals surface area (Å²) in [6, 6.07) is 9.98. The molecule has 25 heavy (non-hydrogen) atoms. The number of aryl methyl sites for hydroxylation is 2. The van der Waals surface area contributed by atoms with Crippen molar-refractivity contribution in [3.63, 3.8) is 0 Å². The maximum atomic E-state index is 12.8. The van der Waals surface area contributed by atoms with E-state index in [9.17, 15) is 4.79 Å². The molecule has 1 aliphatic rings. The number of amides is 1. The normalized spacial score (nSPS) is 17.0. The Hall–Kier alpha value is -2.14. The molecule has 2 heterocycles. The predicted molar refractivity (Wildman–Crippen MR) is 97.7 cm³/mol. The summed E-state index contributed by atoms with van der Waals surface area (Å²) in [5.41, 5.74) is 4.07. The SMILES string of the molecule is CCN(C[C@@H]1CCOC1)C(=O)c1ccc(Cn2nc(C)cc2C)cc1. The van der Waals surface area contributed by atoms with Crippen LogP contribution >= 0.6 is 0 Å². The summed E-state index contributed by atoms with van der Waals surface area (Å²) >= 11 is 0. The van der Waals surface area contributed by atoms with Gasteiger partial charge in [-0.15, -0.1) is 0 Å². The Bertz CT molecular complexity index is 715. The largest absolute Gasteiger partial charge is 0.381 e. The number of nitrogens with zero attached hydrogens (tertiary/aromatic N) is 3. The van der Waals surface area contributed by atoms with E-state index in [4.69, 9.17) is 4.74 Å². The molecule has 1 aromatic carbocycles. The monoisotopic (exact) mass is 341 g/mol. The highest BCUT2D eigenvalue weighted by Gasteiger charge is 2.22. The number of hydrogen-bond acceptors (Lipinski definition) is 3. The van der Waals surface area contributed by atoms with Crippen LogP contribution in [0.4, 0.5) is 0 Å². The molecule has 3 rings (SSSR count). The molecule has 1 aliphatic heterocycles. The highest BCUT2D eigenvalue weighted by Crippen LogP contribution is 2.16. The molecule has 0 aliphatic carbocycles. The van der Waals surface area contributed by atoms with Crippen LogP contribution < -0.4 is 0 Å². The van der Waals surface area contributed by atoms with Crippen molar-refractivity contribution in [2.45, 2.75) is 33.7 Å². The van der Waals surface area contributed by atoms with Gasteiger partial charge < -0.3 is 9.64 Å². The van der Waals surface area contributed by atoms with Gasteiger partial charge in [0.2, 0.25) is 0 Å². The lowest BCUT2D eigenvalue weighted by Gasteiger charge is -2.24. The number of benzene rings is 1. The zero-order valence-electron chi connectivity index (χ0n) is 15.4. The van der Waals surface area contributed by atoms with E-state index >= 15 is 0 Å². The van der Waals surface area contributed by atoms with Gasteiger partial charge in [-0.1, -0.05) is 12.1 Å². The molecule has 1 fully saturated rings. The molecular formula is C20H27N3O2. The zero-order valence-corrected chi connectivity index (χ0v) is 15.4. The maximum absolute atomic E-state index is 12.8. The molecule has 134 valence electrons. The summed E-state index contributed by atoms with van der Waals surface area (Å²) in [5.74, 6) is 0.571. The molecule has 1 amide bonds. The maximum Gasteiger partial charge on any atom is 0.253 e. The van der Waals surface area contributed by atoms with Crippen LogP contribution in [0.2, 0.25) is 0 Å². The molecule has 0 spiro atoms. The molecule has 1 saturated heterocycles. The number of carbonyl (C=O) groups is 1. The Kier molecular flexibility index (Phi) is 5.53. The Morgan fingerprint density at radius 2 is 2.08 bits per heavy atom. The van der Waals surface area contributed by atoms with Crippen LogP contribution in [0, 0.1) is 19.8 Å². The van der Waals surface area contributed by atoms with Crippen molar-refractivity contribution in [2.75, 3.05) is 26.3 Å². The smallest absolute Gasteiger partial charge is 0.253 e. The van der Waals surface area contributed by atoms with Gasteiger partial charge in [-0.3, -0.25) is 9.48 Å². The topological polar surface area (TPSA) is 47.4 Å². The number of hydrogen-bond donors (Lipinski definition) is 0. The molecule has 2 aromatic rings. The Morgan fingerprint density at radius 3 is 2.64 bits per heavy atom. The molecule has 1 aromatic heterocycles. The highest BCUT2D eigenvalue weighted by molar-refractivity contribution is 5.94. The lowest BCUT2D eigenvalue weighted by Crippen LogP contribution is -2.35. The molecule has 0 unspecified atom stereocenters. The van der Waals surface area contributed by atoms with E-state index in [0.717, 1.165) is 61.8 Å². The first-order valence-corrected chi connectivity index (χ1v) is 9.04. The van der Waals surface area contributed by atoms with Gasteiger partial charge in [-0.05, 0) is 51.0 Å². The first-order chi connectivity index (χ1) is 12.1. The molecule has 1 atom stereocenters. The van der Waals surface area contributed by atoms with Crippen molar-refractivity contribution in [1.82, 2.24) is 14.7 Å². The lowest BCUT2D eigenvalue weighted by molar-refractivity contribution is 0.0731. The van der Waals surface area contributed by atoms with Gasteiger partial charge in [0.05, 0.1) is 18.8 Å². The van der Waals surface area contributed by atoms with E-state index in [0.29, 0.717) is 5.92 Å². The molecule has 0 bridgehead atoms. The van der Waals surface area contributed by atoms with Crippen LogP contribution in [0.15, 0.2) is 30.3 Å². The van der Waals surface area contributed by atoms with E-state index in [1.807, 2.05) is 47.7 Å². The van der Waals surface area contributed by atoms with E-state index in [1.54, 1.807) is 0 Å². The Balaban J connectivity index is 1.65. The third-order valence-corrected chi connectivity index (χ3v) is 4.81. The minimum Gasteiger partial charge on any atom is -0.381 e. The standard InChI is InChI=1S/C20H27N3O2/c1-4-22(12-18-9-10-25-14-18)20(24)19-7-5-17(6-8-19)13-23-16(3)11-15(2)21-23/h5-8,11,18H,4,9-10,12-14H2,1-3H3/t18-/m0/s1. The van der Waals surface area contributed by atoms with Gasteiger partial charge in [0.1, 0.15) is 0 Å². The van der Waals surface area contributed by atoms with Gasteiger partial charge in [-0.2, -0.15) is 5.10 Å². The second kappa shape index (κ2) is 7.83. The van der Waals surface area contributed by atoms with Crippen LogP contribution in [0.25, 0.3) is 0 Å². The molecule has 0 saturated carbocycles. The summed E-state index contributed by atoms with van der Waals surface area (Å²) in [4.78, 5) is 14.7. The van der Waals surface area contributed by atoms with Gasteiger partial charge in [0, 0.05) is 36.9 Å². The van der Waals surface area contributed by atoms with Crippen LogP contribution in [0.5, 0.6) is 0 Å². The molecular weight excluding hydrogens is 314 g/mol. The number of carbonyl (C=O) groups excluding carboxylic acids is 1. The number of ether oxygens (including phenoxy) is 1. The van der Waals surface area contributed by atoms with Crippen molar-refractivity contribution in [1.29, 1.82) is 0 Å². The summed E-state index contributed by atoms with van der Waals surface area (Å²) in [7, 11) is 0. The second-order valence-electron chi connectivity index (χ2n) is 6.86. The molecule has 5 heteroatoms. The summed E-state index contributed by atoms with van der Waals surface area (Å²) < 4.78 is 7.42. The van der Waals surface area contributed by atoms with Crippen LogP contribution in [-0.2, 0) is 11.3 Å². The molecule has 5 nitrogen and oxygen atoms in total. The third kappa shape index (κ3) is 4.28. The van der Waals surface area contributed by atoms with Crippen LogP contribution in [0.1, 0.15) is 40.7 Å². The molecule has 0 N–H and O–H groups in total. The van der Waals surface area contributed by atoms with Crippen LogP contribution in [-0.4, -0.2) is 46.9 Å². The third-order valence-electron chi connectivity index (χ3n) is 4.81. The summed E-state index contributed by atoms with van der Waals surface area (Å²) in [6.07, 6.45) is 1.05.